The molecule has 0 saturated carbocycles. The minimum Gasteiger partial charge on any atom is -0.388 e. The summed E-state index contributed by atoms with van der Waals surface area (Å²) >= 11 is 0. The fourth-order valence-electron chi connectivity index (χ4n) is 1.96. The molecule has 3 unspecified atom stereocenters. The Bertz CT molecular complexity index is 460. The van der Waals surface area contributed by atoms with E-state index >= 15 is 0 Å². The van der Waals surface area contributed by atoms with E-state index in [2.05, 4.69) is 5.32 Å². The molecule has 0 saturated heterocycles. The Morgan fingerprint density at radius 1 is 1.45 bits per heavy atom. The SMILES string of the molecule is CCC(C)C(C)(O)CNC(=O)C(C)c1cccc(F)c1. The van der Waals surface area contributed by atoms with Gasteiger partial charge in [-0.3, -0.25) is 4.79 Å². The molecule has 4 heteroatoms. The average molecular weight is 281 g/mol. The summed E-state index contributed by atoms with van der Waals surface area (Å²) in [7, 11) is 0. The molecule has 0 aromatic heterocycles. The second kappa shape index (κ2) is 6.84. The summed E-state index contributed by atoms with van der Waals surface area (Å²) in [5, 5.41) is 13.0. The van der Waals surface area contributed by atoms with E-state index in [0.717, 1.165) is 6.42 Å². The average Bonchev–Trinajstić information content (AvgIpc) is 2.43. The van der Waals surface area contributed by atoms with Crippen molar-refractivity contribution in [3.63, 3.8) is 0 Å². The molecular formula is C16H24FNO2. The highest BCUT2D eigenvalue weighted by Crippen LogP contribution is 2.20. The predicted octanol–water partition coefficient (Wildman–Crippen LogP) is 2.84. The monoisotopic (exact) mass is 281 g/mol. The van der Waals surface area contributed by atoms with Crippen molar-refractivity contribution in [1.82, 2.24) is 5.32 Å². The molecule has 2 N–H and O–H groups in total. The number of amides is 1. The normalized spacial score (nSPS) is 17.1. The molecule has 0 heterocycles. The Balaban J connectivity index is 2.63. The molecule has 112 valence electrons. The van der Waals surface area contributed by atoms with Crippen LogP contribution in [0.5, 0.6) is 0 Å². The number of halogens is 1. The van der Waals surface area contributed by atoms with Gasteiger partial charge in [-0.1, -0.05) is 32.4 Å². The lowest BCUT2D eigenvalue weighted by molar-refractivity contribution is -0.123. The number of carbonyl (C=O) groups excluding carboxylic acids is 1. The molecule has 1 rings (SSSR count). The maximum Gasteiger partial charge on any atom is 0.227 e. The summed E-state index contributed by atoms with van der Waals surface area (Å²) in [5.74, 6) is -0.918. The molecule has 20 heavy (non-hydrogen) atoms. The van der Waals surface area contributed by atoms with E-state index in [4.69, 9.17) is 0 Å². The molecule has 3 nitrogen and oxygen atoms in total. The van der Waals surface area contributed by atoms with Crippen LogP contribution in [0, 0.1) is 11.7 Å². The maximum atomic E-state index is 13.1. The number of aliphatic hydroxyl groups is 1. The molecule has 0 aliphatic rings. The quantitative estimate of drug-likeness (QED) is 0.842. The highest BCUT2D eigenvalue weighted by Gasteiger charge is 2.28. The van der Waals surface area contributed by atoms with Crippen LogP contribution >= 0.6 is 0 Å². The van der Waals surface area contributed by atoms with Crippen LogP contribution in [0.2, 0.25) is 0 Å². The first-order valence-corrected chi connectivity index (χ1v) is 7.03. The highest BCUT2D eigenvalue weighted by molar-refractivity contribution is 5.83. The van der Waals surface area contributed by atoms with E-state index in [0.29, 0.717) is 5.56 Å². The minimum absolute atomic E-state index is 0.0901. The first-order chi connectivity index (χ1) is 9.27. The fourth-order valence-corrected chi connectivity index (χ4v) is 1.96. The van der Waals surface area contributed by atoms with Gasteiger partial charge in [0, 0.05) is 6.54 Å². The Labute approximate surface area is 120 Å². The van der Waals surface area contributed by atoms with Crippen molar-refractivity contribution in [3.05, 3.63) is 35.6 Å². The van der Waals surface area contributed by atoms with E-state index < -0.39 is 11.5 Å². The van der Waals surface area contributed by atoms with Crippen molar-refractivity contribution in [2.75, 3.05) is 6.54 Å². The first-order valence-electron chi connectivity index (χ1n) is 7.03. The second-order valence-electron chi connectivity index (χ2n) is 5.66. The molecular weight excluding hydrogens is 257 g/mol. The molecule has 0 radical (unpaired) electrons. The molecule has 0 aliphatic heterocycles. The Morgan fingerprint density at radius 2 is 2.10 bits per heavy atom. The van der Waals surface area contributed by atoms with Gasteiger partial charge in [0.25, 0.3) is 0 Å². The zero-order chi connectivity index (χ0) is 15.3. The number of rotatable bonds is 6. The van der Waals surface area contributed by atoms with Gasteiger partial charge in [0.05, 0.1) is 11.5 Å². The van der Waals surface area contributed by atoms with Crippen LogP contribution in [0.1, 0.15) is 45.6 Å². The standard InChI is InChI=1S/C16H24FNO2/c1-5-11(2)16(4,20)10-18-15(19)12(3)13-7-6-8-14(17)9-13/h6-9,11-12,20H,5,10H2,1-4H3,(H,18,19). The van der Waals surface area contributed by atoms with Gasteiger partial charge in [0.1, 0.15) is 5.82 Å². The smallest absolute Gasteiger partial charge is 0.227 e. The van der Waals surface area contributed by atoms with Crippen LogP contribution in [0.25, 0.3) is 0 Å². The highest BCUT2D eigenvalue weighted by atomic mass is 19.1. The van der Waals surface area contributed by atoms with E-state index in [1.165, 1.54) is 12.1 Å². The van der Waals surface area contributed by atoms with Gasteiger partial charge >= 0.3 is 0 Å². The summed E-state index contributed by atoms with van der Waals surface area (Å²) < 4.78 is 13.1. The van der Waals surface area contributed by atoms with Crippen LogP contribution in [-0.2, 0) is 4.79 Å². The molecule has 3 atom stereocenters. The third-order valence-corrected chi connectivity index (χ3v) is 4.04. The lowest BCUT2D eigenvalue weighted by atomic mass is 9.88. The van der Waals surface area contributed by atoms with Gasteiger partial charge in [-0.25, -0.2) is 4.39 Å². The third kappa shape index (κ3) is 4.30. The number of nitrogens with one attached hydrogen (secondary N) is 1. The molecule has 0 fully saturated rings. The predicted molar refractivity (Wildman–Crippen MR) is 77.9 cm³/mol. The van der Waals surface area contributed by atoms with Crippen LogP contribution in [0.15, 0.2) is 24.3 Å². The number of carbonyl (C=O) groups is 1. The van der Waals surface area contributed by atoms with Gasteiger partial charge in [0.15, 0.2) is 0 Å². The van der Waals surface area contributed by atoms with E-state index in [1.54, 1.807) is 26.0 Å². The summed E-state index contributed by atoms with van der Waals surface area (Å²) in [5.41, 5.74) is -0.308. The van der Waals surface area contributed by atoms with Crippen molar-refractivity contribution in [3.8, 4) is 0 Å². The summed E-state index contributed by atoms with van der Waals surface area (Å²) in [4.78, 5) is 12.1. The van der Waals surface area contributed by atoms with Crippen molar-refractivity contribution >= 4 is 5.91 Å². The Kier molecular flexibility index (Phi) is 5.69. The molecule has 1 aromatic carbocycles. The molecule has 0 bridgehead atoms. The zero-order valence-electron chi connectivity index (χ0n) is 12.6. The van der Waals surface area contributed by atoms with Crippen LogP contribution in [-0.4, -0.2) is 23.2 Å². The Hall–Kier alpha value is -1.42. The largest absolute Gasteiger partial charge is 0.388 e. The van der Waals surface area contributed by atoms with Crippen LogP contribution < -0.4 is 5.32 Å². The van der Waals surface area contributed by atoms with Crippen molar-refractivity contribution in [2.24, 2.45) is 5.92 Å². The van der Waals surface area contributed by atoms with E-state index in [9.17, 15) is 14.3 Å². The molecule has 0 spiro atoms. The second-order valence-corrected chi connectivity index (χ2v) is 5.66. The third-order valence-electron chi connectivity index (χ3n) is 4.04. The van der Waals surface area contributed by atoms with E-state index in [1.807, 2.05) is 13.8 Å². The van der Waals surface area contributed by atoms with Gasteiger partial charge in [-0.05, 0) is 37.5 Å². The topological polar surface area (TPSA) is 49.3 Å². The van der Waals surface area contributed by atoms with Crippen molar-refractivity contribution in [1.29, 1.82) is 0 Å². The first kappa shape index (κ1) is 16.6. The lowest BCUT2D eigenvalue weighted by Gasteiger charge is -2.30. The summed E-state index contributed by atoms with van der Waals surface area (Å²) in [6, 6.07) is 6.02. The van der Waals surface area contributed by atoms with Gasteiger partial charge in [-0.15, -0.1) is 0 Å². The zero-order valence-corrected chi connectivity index (χ0v) is 12.6. The van der Waals surface area contributed by atoms with Gasteiger partial charge in [-0.2, -0.15) is 0 Å². The molecule has 1 aromatic rings. The van der Waals surface area contributed by atoms with Crippen molar-refractivity contribution < 1.29 is 14.3 Å². The number of hydrogen-bond acceptors (Lipinski definition) is 2. The Morgan fingerprint density at radius 3 is 2.65 bits per heavy atom. The van der Waals surface area contributed by atoms with Gasteiger partial charge in [0.2, 0.25) is 5.91 Å². The fraction of sp³-hybridized carbons (Fsp3) is 0.562. The summed E-state index contributed by atoms with van der Waals surface area (Å²) in [6.07, 6.45) is 0.836. The molecule has 1 amide bonds. The van der Waals surface area contributed by atoms with E-state index in [-0.39, 0.29) is 24.2 Å². The summed E-state index contributed by atoms with van der Waals surface area (Å²) in [6.45, 7) is 7.58. The maximum absolute atomic E-state index is 13.1. The number of hydrogen-bond donors (Lipinski definition) is 2. The minimum atomic E-state index is -0.938. The van der Waals surface area contributed by atoms with Crippen LogP contribution in [0.4, 0.5) is 4.39 Å². The van der Waals surface area contributed by atoms with Crippen molar-refractivity contribution in [2.45, 2.75) is 45.6 Å². The number of benzene rings is 1. The van der Waals surface area contributed by atoms with Crippen LogP contribution in [0.3, 0.4) is 0 Å². The van der Waals surface area contributed by atoms with Gasteiger partial charge < -0.3 is 10.4 Å². The molecule has 0 aliphatic carbocycles. The lowest BCUT2D eigenvalue weighted by Crippen LogP contribution is -2.46.